The predicted molar refractivity (Wildman–Crippen MR) is 65.2 cm³/mol. The Morgan fingerprint density at radius 2 is 2.00 bits per heavy atom. The highest BCUT2D eigenvalue weighted by atomic mass is 32.1. The summed E-state index contributed by atoms with van der Waals surface area (Å²) < 4.78 is 0. The number of aromatic nitrogens is 1. The quantitative estimate of drug-likeness (QED) is 0.836. The Labute approximate surface area is 95.9 Å². The molecule has 1 aliphatic rings. The second-order valence-corrected chi connectivity index (χ2v) is 5.83. The van der Waals surface area contributed by atoms with E-state index >= 15 is 0 Å². The summed E-state index contributed by atoms with van der Waals surface area (Å²) in [5, 5.41) is 3.39. The second-order valence-electron chi connectivity index (χ2n) is 4.94. The van der Waals surface area contributed by atoms with Gasteiger partial charge in [-0.05, 0) is 12.8 Å². The summed E-state index contributed by atoms with van der Waals surface area (Å²) in [5.74, 6) is 0.524. The molecule has 2 N–H and O–H groups in total. The van der Waals surface area contributed by atoms with Gasteiger partial charge in [0.15, 0.2) is 0 Å². The molecule has 0 aromatic carbocycles. The Balaban J connectivity index is 2.20. The third-order valence-corrected chi connectivity index (χ3v) is 4.42. The van der Waals surface area contributed by atoms with Crippen LogP contribution in [0.5, 0.6) is 0 Å². The molecule has 3 heteroatoms. The predicted octanol–water partition coefficient (Wildman–Crippen LogP) is 3.38. The number of hydrogen-bond acceptors (Lipinski definition) is 3. The van der Waals surface area contributed by atoms with Crippen molar-refractivity contribution >= 4 is 11.3 Å². The average Bonchev–Trinajstić information content (AvgIpc) is 2.68. The fraction of sp³-hybridized carbons (Fsp3) is 0.750. The summed E-state index contributed by atoms with van der Waals surface area (Å²) >= 11 is 1.76. The molecule has 2 rings (SSSR count). The van der Waals surface area contributed by atoms with E-state index in [0.29, 0.717) is 5.92 Å². The second kappa shape index (κ2) is 4.22. The SMILES string of the molecule is CC(C)c1nc(C2(N)CCCCC2)cs1. The van der Waals surface area contributed by atoms with Crippen LogP contribution in [0.4, 0.5) is 0 Å². The van der Waals surface area contributed by atoms with Gasteiger partial charge in [-0.1, -0.05) is 33.1 Å². The van der Waals surface area contributed by atoms with Crippen molar-refractivity contribution < 1.29 is 0 Å². The van der Waals surface area contributed by atoms with Crippen LogP contribution in [0.3, 0.4) is 0 Å². The van der Waals surface area contributed by atoms with Crippen LogP contribution in [0.1, 0.15) is 62.6 Å². The van der Waals surface area contributed by atoms with E-state index in [2.05, 4.69) is 19.2 Å². The van der Waals surface area contributed by atoms with Crippen LogP contribution in [0.2, 0.25) is 0 Å². The smallest absolute Gasteiger partial charge is 0.0954 e. The van der Waals surface area contributed by atoms with Gasteiger partial charge in [-0.15, -0.1) is 11.3 Å². The van der Waals surface area contributed by atoms with Crippen molar-refractivity contribution in [2.24, 2.45) is 5.73 Å². The Morgan fingerprint density at radius 3 is 2.53 bits per heavy atom. The van der Waals surface area contributed by atoms with Gasteiger partial charge in [0.2, 0.25) is 0 Å². The first-order valence-electron chi connectivity index (χ1n) is 5.86. The van der Waals surface area contributed by atoms with E-state index in [1.807, 2.05) is 0 Å². The Morgan fingerprint density at radius 1 is 1.33 bits per heavy atom. The maximum absolute atomic E-state index is 6.44. The molecule has 0 aliphatic heterocycles. The van der Waals surface area contributed by atoms with Crippen LogP contribution in [0, 0.1) is 0 Å². The number of hydrogen-bond donors (Lipinski definition) is 1. The van der Waals surface area contributed by atoms with Crippen LogP contribution in [0.15, 0.2) is 5.38 Å². The number of thiazole rings is 1. The van der Waals surface area contributed by atoms with E-state index in [9.17, 15) is 0 Å². The van der Waals surface area contributed by atoms with E-state index in [4.69, 9.17) is 10.7 Å². The zero-order valence-electron chi connectivity index (χ0n) is 9.62. The summed E-state index contributed by atoms with van der Waals surface area (Å²) in [6.07, 6.45) is 6.05. The third kappa shape index (κ3) is 2.23. The minimum atomic E-state index is -0.123. The molecule has 84 valence electrons. The molecule has 1 aliphatic carbocycles. The van der Waals surface area contributed by atoms with E-state index < -0.39 is 0 Å². The lowest BCUT2D eigenvalue weighted by Crippen LogP contribution is -2.38. The standard InChI is InChI=1S/C12H20N2S/c1-9(2)11-14-10(8-15-11)12(13)6-4-3-5-7-12/h8-9H,3-7,13H2,1-2H3. The molecule has 1 aromatic rings. The van der Waals surface area contributed by atoms with Gasteiger partial charge in [0, 0.05) is 11.3 Å². The van der Waals surface area contributed by atoms with Gasteiger partial charge in [-0.2, -0.15) is 0 Å². The lowest BCUT2D eigenvalue weighted by molar-refractivity contribution is 0.296. The van der Waals surface area contributed by atoms with E-state index in [1.54, 1.807) is 11.3 Å². The molecule has 1 aromatic heterocycles. The van der Waals surface area contributed by atoms with E-state index in [1.165, 1.54) is 24.3 Å². The van der Waals surface area contributed by atoms with Gasteiger partial charge in [0.05, 0.1) is 16.2 Å². The molecule has 0 spiro atoms. The highest BCUT2D eigenvalue weighted by Gasteiger charge is 2.31. The summed E-state index contributed by atoms with van der Waals surface area (Å²) in [6, 6.07) is 0. The van der Waals surface area contributed by atoms with Crippen molar-refractivity contribution in [3.63, 3.8) is 0 Å². The molecule has 0 atom stereocenters. The number of rotatable bonds is 2. The van der Waals surface area contributed by atoms with Gasteiger partial charge < -0.3 is 5.73 Å². The van der Waals surface area contributed by atoms with Crippen LogP contribution in [0.25, 0.3) is 0 Å². The highest BCUT2D eigenvalue weighted by Crippen LogP contribution is 2.35. The lowest BCUT2D eigenvalue weighted by atomic mass is 9.80. The molecular weight excluding hydrogens is 204 g/mol. The maximum atomic E-state index is 6.44. The largest absolute Gasteiger partial charge is 0.320 e. The molecule has 0 radical (unpaired) electrons. The molecule has 15 heavy (non-hydrogen) atoms. The minimum Gasteiger partial charge on any atom is -0.320 e. The van der Waals surface area contributed by atoms with Gasteiger partial charge in [-0.3, -0.25) is 0 Å². The van der Waals surface area contributed by atoms with Gasteiger partial charge >= 0.3 is 0 Å². The molecule has 1 heterocycles. The third-order valence-electron chi connectivity index (χ3n) is 3.27. The summed E-state index contributed by atoms with van der Waals surface area (Å²) in [5.41, 5.74) is 7.45. The van der Waals surface area contributed by atoms with Gasteiger partial charge in [0.25, 0.3) is 0 Å². The Hall–Kier alpha value is -0.410. The normalized spacial score (nSPS) is 20.8. The first-order chi connectivity index (χ1) is 7.12. The topological polar surface area (TPSA) is 38.9 Å². The first kappa shape index (κ1) is 11.1. The van der Waals surface area contributed by atoms with Crippen molar-refractivity contribution in [2.75, 3.05) is 0 Å². The lowest BCUT2D eigenvalue weighted by Gasteiger charge is -2.31. The Bertz CT molecular complexity index is 324. The van der Waals surface area contributed by atoms with Crippen LogP contribution in [-0.2, 0) is 5.54 Å². The van der Waals surface area contributed by atoms with E-state index in [0.717, 1.165) is 18.5 Å². The molecule has 1 fully saturated rings. The zero-order chi connectivity index (χ0) is 10.9. The maximum Gasteiger partial charge on any atom is 0.0954 e. The summed E-state index contributed by atoms with van der Waals surface area (Å²) in [4.78, 5) is 4.70. The summed E-state index contributed by atoms with van der Waals surface area (Å²) in [7, 11) is 0. The van der Waals surface area contributed by atoms with E-state index in [-0.39, 0.29) is 5.54 Å². The zero-order valence-corrected chi connectivity index (χ0v) is 10.4. The molecule has 0 unspecified atom stereocenters. The van der Waals surface area contributed by atoms with Crippen LogP contribution >= 0.6 is 11.3 Å². The highest BCUT2D eigenvalue weighted by molar-refractivity contribution is 7.09. The van der Waals surface area contributed by atoms with Crippen molar-refractivity contribution in [1.82, 2.24) is 4.98 Å². The fourth-order valence-electron chi connectivity index (χ4n) is 2.22. The van der Waals surface area contributed by atoms with Crippen LogP contribution in [-0.4, -0.2) is 4.98 Å². The monoisotopic (exact) mass is 224 g/mol. The van der Waals surface area contributed by atoms with Gasteiger partial charge in [-0.25, -0.2) is 4.98 Å². The van der Waals surface area contributed by atoms with Crippen molar-refractivity contribution in [1.29, 1.82) is 0 Å². The number of nitrogens with zero attached hydrogens (tertiary/aromatic N) is 1. The number of nitrogens with two attached hydrogens (primary N) is 1. The van der Waals surface area contributed by atoms with Crippen LogP contribution < -0.4 is 5.73 Å². The average molecular weight is 224 g/mol. The molecule has 0 bridgehead atoms. The fourth-order valence-corrected chi connectivity index (χ4v) is 3.16. The first-order valence-corrected chi connectivity index (χ1v) is 6.74. The van der Waals surface area contributed by atoms with Crippen molar-refractivity contribution in [2.45, 2.75) is 57.4 Å². The van der Waals surface area contributed by atoms with Crippen molar-refractivity contribution in [3.05, 3.63) is 16.1 Å². The molecule has 0 saturated heterocycles. The Kier molecular flexibility index (Phi) is 3.12. The molecule has 0 amide bonds. The van der Waals surface area contributed by atoms with Gasteiger partial charge in [0.1, 0.15) is 0 Å². The summed E-state index contributed by atoms with van der Waals surface area (Å²) in [6.45, 7) is 4.37. The minimum absolute atomic E-state index is 0.123. The van der Waals surface area contributed by atoms with Crippen molar-refractivity contribution in [3.8, 4) is 0 Å². The molecule has 1 saturated carbocycles. The molecular formula is C12H20N2S. The molecule has 2 nitrogen and oxygen atoms in total.